The number of ether oxygens (including phenoxy) is 1. The van der Waals surface area contributed by atoms with Crippen LogP contribution in [0.25, 0.3) is 0 Å². The Morgan fingerprint density at radius 2 is 2.00 bits per heavy atom. The maximum absolute atomic E-state index is 12.9. The summed E-state index contributed by atoms with van der Waals surface area (Å²) in [6, 6.07) is 5.78. The molecule has 128 valence electrons. The van der Waals surface area contributed by atoms with Gasteiger partial charge in [-0.15, -0.1) is 0 Å². The summed E-state index contributed by atoms with van der Waals surface area (Å²) in [4.78, 5) is 28.8. The molecule has 0 aliphatic carbocycles. The van der Waals surface area contributed by atoms with Gasteiger partial charge in [-0.25, -0.2) is 0 Å². The van der Waals surface area contributed by atoms with Crippen LogP contribution in [-0.4, -0.2) is 60.4 Å². The van der Waals surface area contributed by atoms with Crippen molar-refractivity contribution in [2.75, 3.05) is 38.1 Å². The summed E-state index contributed by atoms with van der Waals surface area (Å²) in [5.41, 5.74) is 1.20. The predicted octanol–water partition coefficient (Wildman–Crippen LogP) is 1.72. The molecular formula is C18H23N3O3. The first-order valence-electron chi connectivity index (χ1n) is 8.81. The van der Waals surface area contributed by atoms with E-state index in [1.807, 2.05) is 4.90 Å². The summed E-state index contributed by atoms with van der Waals surface area (Å²) in [5, 5.41) is 2.77. The number of nitrogens with zero attached hydrogens (tertiary/aromatic N) is 2. The van der Waals surface area contributed by atoms with Gasteiger partial charge < -0.3 is 15.0 Å². The summed E-state index contributed by atoms with van der Waals surface area (Å²) >= 11 is 0. The second kappa shape index (κ2) is 6.43. The van der Waals surface area contributed by atoms with Crippen LogP contribution in [0.4, 0.5) is 5.69 Å². The number of nitrogens with one attached hydrogen (secondary N) is 1. The smallest absolute Gasteiger partial charge is 0.262 e. The highest BCUT2D eigenvalue weighted by atomic mass is 16.5. The van der Waals surface area contributed by atoms with E-state index in [0.717, 1.165) is 32.6 Å². The first-order valence-corrected chi connectivity index (χ1v) is 8.81. The van der Waals surface area contributed by atoms with Crippen LogP contribution in [-0.2, 0) is 4.79 Å². The van der Waals surface area contributed by atoms with E-state index in [1.54, 1.807) is 18.2 Å². The van der Waals surface area contributed by atoms with Crippen LogP contribution in [0.5, 0.6) is 5.75 Å². The van der Waals surface area contributed by atoms with Gasteiger partial charge in [-0.05, 0) is 57.0 Å². The molecule has 2 saturated heterocycles. The van der Waals surface area contributed by atoms with E-state index >= 15 is 0 Å². The van der Waals surface area contributed by atoms with Crippen LogP contribution >= 0.6 is 0 Å². The maximum atomic E-state index is 12.9. The fraction of sp³-hybridized carbons (Fsp3) is 0.556. The van der Waals surface area contributed by atoms with Crippen molar-refractivity contribution in [3.8, 4) is 5.75 Å². The van der Waals surface area contributed by atoms with Crippen LogP contribution in [0, 0.1) is 0 Å². The Morgan fingerprint density at radius 1 is 1.17 bits per heavy atom. The lowest BCUT2D eigenvalue weighted by molar-refractivity contribution is -0.118. The fourth-order valence-electron chi connectivity index (χ4n) is 3.94. The summed E-state index contributed by atoms with van der Waals surface area (Å²) in [6.45, 7) is 3.97. The molecule has 1 atom stereocenters. The molecule has 0 radical (unpaired) electrons. The van der Waals surface area contributed by atoms with E-state index in [4.69, 9.17) is 4.74 Å². The fourth-order valence-corrected chi connectivity index (χ4v) is 3.94. The molecule has 1 aromatic rings. The quantitative estimate of drug-likeness (QED) is 0.897. The first-order chi connectivity index (χ1) is 11.7. The summed E-state index contributed by atoms with van der Waals surface area (Å²) < 4.78 is 5.36. The van der Waals surface area contributed by atoms with E-state index in [0.29, 0.717) is 23.0 Å². The molecule has 0 bridgehead atoms. The molecule has 0 aromatic heterocycles. The van der Waals surface area contributed by atoms with Gasteiger partial charge in [0.2, 0.25) is 0 Å². The van der Waals surface area contributed by atoms with Crippen LogP contribution in [0.3, 0.4) is 0 Å². The third-order valence-corrected chi connectivity index (χ3v) is 5.20. The molecule has 0 saturated carbocycles. The average molecular weight is 329 g/mol. The van der Waals surface area contributed by atoms with Gasteiger partial charge >= 0.3 is 0 Å². The molecule has 0 spiro atoms. The normalized spacial score (nSPS) is 24.2. The van der Waals surface area contributed by atoms with E-state index < -0.39 is 0 Å². The van der Waals surface area contributed by atoms with Crippen LogP contribution in [0.15, 0.2) is 18.2 Å². The lowest BCUT2D eigenvalue weighted by Gasteiger charge is -2.37. The highest BCUT2D eigenvalue weighted by Crippen LogP contribution is 2.29. The zero-order valence-corrected chi connectivity index (χ0v) is 13.8. The summed E-state index contributed by atoms with van der Waals surface area (Å²) in [7, 11) is 0. The van der Waals surface area contributed by atoms with Crippen molar-refractivity contribution in [1.29, 1.82) is 0 Å². The molecule has 3 aliphatic heterocycles. The van der Waals surface area contributed by atoms with Crippen LogP contribution in [0.1, 0.15) is 36.0 Å². The third-order valence-electron chi connectivity index (χ3n) is 5.20. The van der Waals surface area contributed by atoms with E-state index in [-0.39, 0.29) is 18.4 Å². The number of fused-ring (bicyclic) bond motifs is 1. The predicted molar refractivity (Wildman–Crippen MR) is 90.3 cm³/mol. The van der Waals surface area contributed by atoms with E-state index in [2.05, 4.69) is 10.2 Å². The summed E-state index contributed by atoms with van der Waals surface area (Å²) in [5.74, 6) is 0.487. The average Bonchev–Trinajstić information content (AvgIpc) is 3.15. The second-order valence-corrected chi connectivity index (χ2v) is 6.84. The molecule has 3 aliphatic rings. The number of carbonyl (C=O) groups is 2. The largest absolute Gasteiger partial charge is 0.482 e. The molecule has 4 rings (SSSR count). The van der Waals surface area contributed by atoms with Crippen molar-refractivity contribution in [1.82, 2.24) is 9.80 Å². The van der Waals surface area contributed by atoms with Gasteiger partial charge in [0.1, 0.15) is 5.75 Å². The van der Waals surface area contributed by atoms with Crippen molar-refractivity contribution >= 4 is 17.5 Å². The van der Waals surface area contributed by atoms with Gasteiger partial charge in [0.15, 0.2) is 6.61 Å². The number of carbonyl (C=O) groups excluding carboxylic acids is 2. The Morgan fingerprint density at radius 3 is 2.83 bits per heavy atom. The van der Waals surface area contributed by atoms with E-state index in [9.17, 15) is 9.59 Å². The number of rotatable bonds is 2. The molecule has 2 amide bonds. The standard InChI is InChI=1S/C18H23N3O3/c22-17-12-24-16-6-5-13(10-15(16)19-17)18(23)21-9-3-4-14(11-21)20-7-1-2-8-20/h5-6,10,14H,1-4,7-9,11-12H2,(H,19,22). The lowest BCUT2D eigenvalue weighted by Crippen LogP contribution is -2.49. The number of amides is 2. The van der Waals surface area contributed by atoms with Crippen molar-refractivity contribution < 1.29 is 14.3 Å². The van der Waals surface area contributed by atoms with Crippen molar-refractivity contribution in [2.45, 2.75) is 31.7 Å². The van der Waals surface area contributed by atoms with Gasteiger partial charge in [0, 0.05) is 24.7 Å². The number of hydrogen-bond acceptors (Lipinski definition) is 4. The molecule has 1 unspecified atom stereocenters. The lowest BCUT2D eigenvalue weighted by atomic mass is 10.0. The minimum atomic E-state index is -0.181. The number of likely N-dealkylation sites (tertiary alicyclic amines) is 2. The zero-order chi connectivity index (χ0) is 16.5. The zero-order valence-electron chi connectivity index (χ0n) is 13.8. The maximum Gasteiger partial charge on any atom is 0.262 e. The first kappa shape index (κ1) is 15.4. The molecule has 3 heterocycles. The van der Waals surface area contributed by atoms with Gasteiger partial charge in [-0.1, -0.05) is 0 Å². The topological polar surface area (TPSA) is 61.9 Å². The van der Waals surface area contributed by atoms with Gasteiger partial charge in [-0.3, -0.25) is 14.5 Å². The number of piperidine rings is 1. The minimum Gasteiger partial charge on any atom is -0.482 e. The number of anilines is 1. The molecule has 24 heavy (non-hydrogen) atoms. The molecule has 6 nitrogen and oxygen atoms in total. The molecule has 1 N–H and O–H groups in total. The van der Waals surface area contributed by atoms with Crippen molar-refractivity contribution in [3.63, 3.8) is 0 Å². The molecule has 1 aromatic carbocycles. The van der Waals surface area contributed by atoms with Crippen LogP contribution in [0.2, 0.25) is 0 Å². The third kappa shape index (κ3) is 2.98. The van der Waals surface area contributed by atoms with Crippen molar-refractivity contribution in [2.24, 2.45) is 0 Å². The Balaban J connectivity index is 1.48. The highest BCUT2D eigenvalue weighted by Gasteiger charge is 2.30. The van der Waals surface area contributed by atoms with Gasteiger partial charge in [-0.2, -0.15) is 0 Å². The highest BCUT2D eigenvalue weighted by molar-refractivity contribution is 5.99. The minimum absolute atomic E-state index is 0.0317. The Kier molecular flexibility index (Phi) is 4.14. The second-order valence-electron chi connectivity index (χ2n) is 6.84. The van der Waals surface area contributed by atoms with Crippen LogP contribution < -0.4 is 10.1 Å². The number of benzene rings is 1. The SMILES string of the molecule is O=C1COc2ccc(C(=O)N3CCCC(N4CCCC4)C3)cc2N1. The molecular weight excluding hydrogens is 306 g/mol. The van der Waals surface area contributed by atoms with E-state index in [1.165, 1.54) is 19.3 Å². The Hall–Kier alpha value is -2.08. The monoisotopic (exact) mass is 329 g/mol. The van der Waals surface area contributed by atoms with Gasteiger partial charge in [0.25, 0.3) is 11.8 Å². The summed E-state index contributed by atoms with van der Waals surface area (Å²) in [6.07, 6.45) is 4.78. The Bertz CT molecular complexity index is 655. The number of hydrogen-bond donors (Lipinski definition) is 1. The Labute approximate surface area is 141 Å². The van der Waals surface area contributed by atoms with Gasteiger partial charge in [0.05, 0.1) is 5.69 Å². The molecule has 6 heteroatoms. The molecule has 2 fully saturated rings. The van der Waals surface area contributed by atoms with Crippen molar-refractivity contribution in [3.05, 3.63) is 23.8 Å².